The van der Waals surface area contributed by atoms with Crippen molar-refractivity contribution in [2.45, 2.75) is 11.8 Å². The van der Waals surface area contributed by atoms with Crippen LogP contribution in [-0.2, 0) is 17.1 Å². The lowest BCUT2D eigenvalue weighted by Gasteiger charge is -2.07. The number of aromatic nitrogens is 2. The summed E-state index contributed by atoms with van der Waals surface area (Å²) in [5.41, 5.74) is 3.89. The van der Waals surface area contributed by atoms with E-state index in [1.165, 1.54) is 11.3 Å². The molecule has 5 nitrogen and oxygen atoms in total. The third kappa shape index (κ3) is 3.46. The second-order valence-corrected chi connectivity index (χ2v) is 8.92. The van der Waals surface area contributed by atoms with E-state index >= 15 is 0 Å². The molecule has 0 fully saturated rings. The Bertz CT molecular complexity index is 1210. The molecule has 0 radical (unpaired) electrons. The molecule has 142 valence electrons. The second-order valence-electron chi connectivity index (χ2n) is 6.41. The number of benzene rings is 2. The summed E-state index contributed by atoms with van der Waals surface area (Å²) in [7, 11) is -1.84. The van der Waals surface area contributed by atoms with Crippen molar-refractivity contribution in [1.82, 2.24) is 9.55 Å². The summed E-state index contributed by atoms with van der Waals surface area (Å²) in [6.45, 7) is 1.80. The number of hydrogen-bond donors (Lipinski definition) is 1. The van der Waals surface area contributed by atoms with Gasteiger partial charge in [0, 0.05) is 29.4 Å². The van der Waals surface area contributed by atoms with Crippen LogP contribution >= 0.6 is 11.3 Å². The van der Waals surface area contributed by atoms with Crippen LogP contribution in [0.25, 0.3) is 22.0 Å². The van der Waals surface area contributed by atoms with Crippen molar-refractivity contribution in [1.29, 1.82) is 0 Å². The summed E-state index contributed by atoms with van der Waals surface area (Å²) < 4.78 is 30.3. The number of rotatable bonds is 5. The van der Waals surface area contributed by atoms with Crippen molar-refractivity contribution < 1.29 is 8.42 Å². The molecular weight excluding hydrogens is 390 g/mol. The Balaban J connectivity index is 1.71. The zero-order valence-corrected chi connectivity index (χ0v) is 17.1. The summed E-state index contributed by atoms with van der Waals surface area (Å²) in [6, 6.07) is 20.5. The largest absolute Gasteiger partial charge is 0.345 e. The van der Waals surface area contributed by atoms with E-state index in [1.54, 1.807) is 37.3 Å². The minimum absolute atomic E-state index is 0.255. The highest BCUT2D eigenvalue weighted by Crippen LogP contribution is 2.33. The minimum Gasteiger partial charge on any atom is -0.345 e. The van der Waals surface area contributed by atoms with Crippen molar-refractivity contribution in [2.24, 2.45) is 7.05 Å². The van der Waals surface area contributed by atoms with E-state index in [2.05, 4.69) is 4.72 Å². The number of para-hydroxylation sites is 1. The first-order valence-electron chi connectivity index (χ1n) is 8.71. The molecule has 0 aliphatic carbocycles. The molecule has 0 saturated heterocycles. The molecule has 7 heteroatoms. The number of hydrogen-bond acceptors (Lipinski definition) is 4. The lowest BCUT2D eigenvalue weighted by molar-refractivity contribution is 0.600. The van der Waals surface area contributed by atoms with E-state index in [1.807, 2.05) is 53.4 Å². The van der Waals surface area contributed by atoms with E-state index in [0.717, 1.165) is 22.0 Å². The summed E-state index contributed by atoms with van der Waals surface area (Å²) in [5.74, 6) is 0. The fourth-order valence-electron chi connectivity index (χ4n) is 3.00. The number of sulfonamides is 1. The smallest absolute Gasteiger partial charge is 0.263 e. The molecular formula is C21H19N3O2S2. The van der Waals surface area contributed by atoms with Gasteiger partial charge in [-0.3, -0.25) is 4.72 Å². The van der Waals surface area contributed by atoms with Crippen LogP contribution in [0.3, 0.4) is 0 Å². The minimum atomic E-state index is -3.69. The Morgan fingerprint density at radius 3 is 2.32 bits per heavy atom. The Kier molecular flexibility index (Phi) is 4.78. The topological polar surface area (TPSA) is 64.0 Å². The maximum Gasteiger partial charge on any atom is 0.263 e. The zero-order chi connectivity index (χ0) is 19.7. The fourth-order valence-corrected chi connectivity index (χ4v) is 5.23. The Hall–Kier alpha value is -2.90. The van der Waals surface area contributed by atoms with E-state index in [9.17, 15) is 8.42 Å². The molecule has 0 bridgehead atoms. The van der Waals surface area contributed by atoms with E-state index < -0.39 is 10.0 Å². The summed E-state index contributed by atoms with van der Waals surface area (Å²) >= 11 is 1.50. The van der Waals surface area contributed by atoms with Gasteiger partial charge in [0.15, 0.2) is 0 Å². The third-order valence-corrected chi connectivity index (χ3v) is 6.96. The van der Waals surface area contributed by atoms with Crippen LogP contribution in [0, 0.1) is 6.92 Å². The van der Waals surface area contributed by atoms with Gasteiger partial charge in [0.25, 0.3) is 10.0 Å². The molecule has 0 aliphatic rings. The molecule has 1 N–H and O–H groups in total. The van der Waals surface area contributed by atoms with Gasteiger partial charge in [-0.1, -0.05) is 48.5 Å². The van der Waals surface area contributed by atoms with Gasteiger partial charge in [-0.05, 0) is 25.1 Å². The molecule has 0 unspecified atom stereocenters. The number of anilines is 1. The summed E-state index contributed by atoms with van der Waals surface area (Å²) in [5, 5.41) is 2.77. The molecule has 4 aromatic rings. The van der Waals surface area contributed by atoms with E-state index in [4.69, 9.17) is 4.98 Å². The van der Waals surface area contributed by atoms with Gasteiger partial charge in [-0.25, -0.2) is 13.4 Å². The SMILES string of the molecule is Cc1c(S(=O)(=O)Nc2ccccc2)cc(-c2nc(-c3ccccc3)cs2)n1C. The Morgan fingerprint density at radius 1 is 1.00 bits per heavy atom. The summed E-state index contributed by atoms with van der Waals surface area (Å²) in [4.78, 5) is 4.97. The molecule has 0 saturated carbocycles. The average molecular weight is 410 g/mol. The quantitative estimate of drug-likeness (QED) is 0.509. The summed E-state index contributed by atoms with van der Waals surface area (Å²) in [6.07, 6.45) is 0. The first-order valence-corrected chi connectivity index (χ1v) is 11.1. The maximum atomic E-state index is 12.9. The molecule has 2 aromatic carbocycles. The maximum absolute atomic E-state index is 12.9. The van der Waals surface area contributed by atoms with Gasteiger partial charge in [0.05, 0.1) is 11.4 Å². The van der Waals surface area contributed by atoms with Crippen molar-refractivity contribution in [3.8, 4) is 22.0 Å². The lowest BCUT2D eigenvalue weighted by atomic mass is 10.2. The molecule has 4 rings (SSSR count). The van der Waals surface area contributed by atoms with Crippen LogP contribution in [0.5, 0.6) is 0 Å². The van der Waals surface area contributed by atoms with Crippen molar-refractivity contribution >= 4 is 27.0 Å². The van der Waals surface area contributed by atoms with Crippen LogP contribution < -0.4 is 4.72 Å². The number of nitrogens with zero attached hydrogens (tertiary/aromatic N) is 2. The van der Waals surface area contributed by atoms with E-state index in [-0.39, 0.29) is 4.90 Å². The third-order valence-electron chi connectivity index (χ3n) is 4.60. The molecule has 0 spiro atoms. The molecule has 2 aromatic heterocycles. The van der Waals surface area contributed by atoms with Gasteiger partial charge < -0.3 is 4.57 Å². The number of nitrogens with one attached hydrogen (secondary N) is 1. The van der Waals surface area contributed by atoms with Gasteiger partial charge in [-0.15, -0.1) is 11.3 Å². The normalized spacial score (nSPS) is 11.5. The van der Waals surface area contributed by atoms with Crippen LogP contribution in [0.2, 0.25) is 0 Å². The monoisotopic (exact) mass is 409 g/mol. The van der Waals surface area contributed by atoms with Gasteiger partial charge >= 0.3 is 0 Å². The Labute approximate surface area is 168 Å². The number of thiazole rings is 1. The van der Waals surface area contributed by atoms with Gasteiger partial charge in [0.1, 0.15) is 9.90 Å². The highest BCUT2D eigenvalue weighted by atomic mass is 32.2. The molecule has 2 heterocycles. The first kappa shape index (κ1) is 18.5. The highest BCUT2D eigenvalue weighted by Gasteiger charge is 2.23. The molecule has 0 aliphatic heterocycles. The zero-order valence-electron chi connectivity index (χ0n) is 15.5. The fraction of sp³-hybridized carbons (Fsp3) is 0.0952. The lowest BCUT2D eigenvalue weighted by Crippen LogP contribution is -2.13. The van der Waals surface area contributed by atoms with Crippen molar-refractivity contribution in [2.75, 3.05) is 4.72 Å². The van der Waals surface area contributed by atoms with E-state index in [0.29, 0.717) is 11.4 Å². The van der Waals surface area contributed by atoms with Crippen LogP contribution in [0.4, 0.5) is 5.69 Å². The second kappa shape index (κ2) is 7.26. The Morgan fingerprint density at radius 2 is 1.64 bits per heavy atom. The first-order chi connectivity index (χ1) is 13.5. The standard InChI is InChI=1S/C21H19N3O2S2/c1-15-20(28(25,26)23-17-11-7-4-8-12-17)13-19(24(15)2)21-22-18(14-27-21)16-9-5-3-6-10-16/h3-14,23H,1-2H3. The van der Waals surface area contributed by atoms with Gasteiger partial charge in [-0.2, -0.15) is 0 Å². The highest BCUT2D eigenvalue weighted by molar-refractivity contribution is 7.92. The van der Waals surface area contributed by atoms with Crippen molar-refractivity contribution in [3.63, 3.8) is 0 Å². The average Bonchev–Trinajstić information content (AvgIpc) is 3.29. The predicted molar refractivity (Wildman–Crippen MR) is 114 cm³/mol. The molecule has 0 atom stereocenters. The van der Waals surface area contributed by atoms with Crippen LogP contribution in [0.15, 0.2) is 77.0 Å². The molecule has 28 heavy (non-hydrogen) atoms. The van der Waals surface area contributed by atoms with Crippen LogP contribution in [-0.4, -0.2) is 18.0 Å². The van der Waals surface area contributed by atoms with Crippen LogP contribution in [0.1, 0.15) is 5.69 Å². The molecule has 0 amide bonds. The van der Waals surface area contributed by atoms with Gasteiger partial charge in [0.2, 0.25) is 0 Å². The van der Waals surface area contributed by atoms with Crippen molar-refractivity contribution in [3.05, 3.63) is 77.8 Å². The predicted octanol–water partition coefficient (Wildman–Crippen LogP) is 4.92.